The summed E-state index contributed by atoms with van der Waals surface area (Å²) in [5.41, 5.74) is 6.16. The Morgan fingerprint density at radius 2 is 2.04 bits per heavy atom. The van der Waals surface area contributed by atoms with Crippen LogP contribution in [-0.4, -0.2) is 49.2 Å². The second-order valence-electron chi connectivity index (χ2n) is 6.51. The minimum absolute atomic E-state index is 0.126. The van der Waals surface area contributed by atoms with Gasteiger partial charge in [0.25, 0.3) is 0 Å². The third-order valence-electron chi connectivity index (χ3n) is 5.02. The van der Waals surface area contributed by atoms with E-state index in [1.54, 1.807) is 17.0 Å². The molecule has 0 radical (unpaired) electrons. The quantitative estimate of drug-likeness (QED) is 0.865. The van der Waals surface area contributed by atoms with Gasteiger partial charge in [0, 0.05) is 18.5 Å². The molecule has 3 amide bonds. The number of nitrogens with one attached hydrogen (secondary N) is 1. The van der Waals surface area contributed by atoms with Gasteiger partial charge in [-0.05, 0) is 30.5 Å². The van der Waals surface area contributed by atoms with Crippen molar-refractivity contribution in [2.45, 2.75) is 30.8 Å². The number of nitrogens with zero attached hydrogens (tertiary/aromatic N) is 1. The molecule has 0 aromatic heterocycles. The van der Waals surface area contributed by atoms with E-state index in [2.05, 4.69) is 5.32 Å². The molecule has 0 bridgehead atoms. The molecule has 1 saturated heterocycles. The van der Waals surface area contributed by atoms with Gasteiger partial charge in [-0.2, -0.15) is 0 Å². The number of benzene rings is 1. The largest absolute Gasteiger partial charge is 0.367 e. The van der Waals surface area contributed by atoms with E-state index < -0.39 is 12.0 Å². The lowest BCUT2D eigenvalue weighted by Gasteiger charge is -2.43. The van der Waals surface area contributed by atoms with Crippen LogP contribution < -0.4 is 11.1 Å². The molecule has 1 saturated carbocycles. The minimum atomic E-state index is -0.751. The lowest BCUT2D eigenvalue weighted by atomic mass is 9.64. The Hall–Kier alpha value is -2.15. The molecule has 1 aliphatic carbocycles. The molecule has 7 heteroatoms. The highest BCUT2D eigenvalue weighted by molar-refractivity contribution is 5.81. The summed E-state index contributed by atoms with van der Waals surface area (Å²) in [7, 11) is 0. The number of primary amides is 1. The summed E-state index contributed by atoms with van der Waals surface area (Å²) in [6, 6.07) is 6.27. The van der Waals surface area contributed by atoms with Crippen molar-refractivity contribution in [1.82, 2.24) is 10.2 Å². The van der Waals surface area contributed by atoms with Crippen molar-refractivity contribution in [3.63, 3.8) is 0 Å². The van der Waals surface area contributed by atoms with E-state index in [0.717, 1.165) is 24.8 Å². The van der Waals surface area contributed by atoms with Crippen molar-refractivity contribution < 1.29 is 18.7 Å². The Kier molecular flexibility index (Phi) is 4.71. The topological polar surface area (TPSA) is 84.7 Å². The smallest absolute Gasteiger partial charge is 0.317 e. The zero-order valence-electron chi connectivity index (χ0n) is 13.5. The lowest BCUT2D eigenvalue weighted by Crippen LogP contribution is -2.55. The van der Waals surface area contributed by atoms with Crippen LogP contribution in [0.5, 0.6) is 0 Å². The number of nitrogens with two attached hydrogens (primary N) is 1. The zero-order chi connectivity index (χ0) is 17.2. The van der Waals surface area contributed by atoms with Crippen molar-refractivity contribution in [2.24, 2.45) is 5.73 Å². The number of ether oxygens (including phenoxy) is 1. The van der Waals surface area contributed by atoms with Crippen molar-refractivity contribution in [1.29, 1.82) is 0 Å². The molecular formula is C17H22FN3O3. The molecule has 3 N–H and O–H groups in total. The van der Waals surface area contributed by atoms with Gasteiger partial charge >= 0.3 is 6.03 Å². The van der Waals surface area contributed by atoms with Crippen LogP contribution in [0.15, 0.2) is 24.3 Å². The molecule has 1 aromatic rings. The average molecular weight is 335 g/mol. The number of carbonyl (C=O) groups excluding carboxylic acids is 2. The van der Waals surface area contributed by atoms with Gasteiger partial charge in [0.05, 0.1) is 13.2 Å². The number of halogens is 1. The maximum absolute atomic E-state index is 13.1. The monoisotopic (exact) mass is 335 g/mol. The standard InChI is InChI=1S/C17H22FN3O3/c18-13-4-2-12(3-5-13)17(6-1-7-17)11-20-16(23)21-8-9-24-14(10-21)15(19)22/h2-5,14H,1,6-11H2,(H2,19,22)(H,20,23)/t14-/m0/s1. The summed E-state index contributed by atoms with van der Waals surface area (Å²) in [5.74, 6) is -0.822. The lowest BCUT2D eigenvalue weighted by molar-refractivity contribution is -0.133. The van der Waals surface area contributed by atoms with Crippen molar-refractivity contribution >= 4 is 11.9 Å². The van der Waals surface area contributed by atoms with Crippen molar-refractivity contribution in [2.75, 3.05) is 26.2 Å². The molecule has 0 spiro atoms. The molecular weight excluding hydrogens is 313 g/mol. The molecule has 2 fully saturated rings. The first-order valence-electron chi connectivity index (χ1n) is 8.20. The van der Waals surface area contributed by atoms with Crippen molar-refractivity contribution in [3.8, 4) is 0 Å². The first-order chi connectivity index (χ1) is 11.5. The van der Waals surface area contributed by atoms with Gasteiger partial charge in [0.15, 0.2) is 6.10 Å². The van der Waals surface area contributed by atoms with Crippen LogP contribution in [0, 0.1) is 5.82 Å². The fourth-order valence-electron chi connectivity index (χ4n) is 3.34. The Bertz CT molecular complexity index is 616. The highest BCUT2D eigenvalue weighted by Crippen LogP contribution is 2.43. The Morgan fingerprint density at radius 3 is 2.62 bits per heavy atom. The predicted molar refractivity (Wildman–Crippen MR) is 85.8 cm³/mol. The summed E-state index contributed by atoms with van der Waals surface area (Å²) in [4.78, 5) is 25.2. The Balaban J connectivity index is 1.60. The van der Waals surface area contributed by atoms with E-state index in [-0.39, 0.29) is 23.8 Å². The van der Waals surface area contributed by atoms with E-state index in [0.29, 0.717) is 19.7 Å². The Labute approximate surface area is 140 Å². The van der Waals surface area contributed by atoms with Crippen LogP contribution in [0.4, 0.5) is 9.18 Å². The summed E-state index contributed by atoms with van der Waals surface area (Å²) >= 11 is 0. The highest BCUT2D eigenvalue weighted by Gasteiger charge is 2.39. The predicted octanol–water partition coefficient (Wildman–Crippen LogP) is 1.14. The van der Waals surface area contributed by atoms with Gasteiger partial charge in [0.2, 0.25) is 5.91 Å². The average Bonchev–Trinajstić information content (AvgIpc) is 2.55. The second kappa shape index (κ2) is 6.76. The second-order valence-corrected chi connectivity index (χ2v) is 6.51. The van der Waals surface area contributed by atoms with Crippen LogP contribution in [-0.2, 0) is 14.9 Å². The maximum Gasteiger partial charge on any atom is 0.317 e. The fourth-order valence-corrected chi connectivity index (χ4v) is 3.34. The summed E-state index contributed by atoms with van der Waals surface area (Å²) in [6.45, 7) is 1.39. The molecule has 1 atom stereocenters. The minimum Gasteiger partial charge on any atom is -0.367 e. The molecule has 24 heavy (non-hydrogen) atoms. The SMILES string of the molecule is NC(=O)[C@@H]1CN(C(=O)NCC2(c3ccc(F)cc3)CCC2)CCO1. The number of carbonyl (C=O) groups is 2. The first kappa shape index (κ1) is 16.7. The number of morpholine rings is 1. The number of hydrogen-bond acceptors (Lipinski definition) is 3. The Morgan fingerprint density at radius 1 is 1.33 bits per heavy atom. The molecule has 3 rings (SSSR count). The third kappa shape index (κ3) is 3.36. The van der Waals surface area contributed by atoms with E-state index in [9.17, 15) is 14.0 Å². The fraction of sp³-hybridized carbons (Fsp3) is 0.529. The van der Waals surface area contributed by atoms with Gasteiger partial charge < -0.3 is 20.7 Å². The van der Waals surface area contributed by atoms with Gasteiger partial charge in [-0.25, -0.2) is 9.18 Å². The third-order valence-corrected chi connectivity index (χ3v) is 5.02. The molecule has 2 aliphatic rings. The van der Waals surface area contributed by atoms with Gasteiger partial charge in [-0.1, -0.05) is 18.6 Å². The molecule has 6 nitrogen and oxygen atoms in total. The summed E-state index contributed by atoms with van der Waals surface area (Å²) in [5, 5.41) is 2.95. The first-order valence-corrected chi connectivity index (χ1v) is 8.20. The normalized spacial score (nSPS) is 22.5. The van der Waals surface area contributed by atoms with E-state index in [1.807, 2.05) is 0 Å². The van der Waals surface area contributed by atoms with Crippen LogP contribution in [0.25, 0.3) is 0 Å². The molecule has 130 valence electrons. The van der Waals surface area contributed by atoms with Gasteiger partial charge in [0.1, 0.15) is 5.82 Å². The number of urea groups is 1. The van der Waals surface area contributed by atoms with E-state index >= 15 is 0 Å². The maximum atomic E-state index is 13.1. The summed E-state index contributed by atoms with van der Waals surface area (Å²) < 4.78 is 18.4. The number of amides is 3. The van der Waals surface area contributed by atoms with Gasteiger partial charge in [-0.3, -0.25) is 4.79 Å². The van der Waals surface area contributed by atoms with Crippen LogP contribution in [0.2, 0.25) is 0 Å². The number of rotatable bonds is 4. The van der Waals surface area contributed by atoms with Crippen LogP contribution >= 0.6 is 0 Å². The summed E-state index contributed by atoms with van der Waals surface area (Å²) in [6.07, 6.45) is 2.27. The van der Waals surface area contributed by atoms with Gasteiger partial charge in [-0.15, -0.1) is 0 Å². The number of hydrogen-bond donors (Lipinski definition) is 2. The van der Waals surface area contributed by atoms with Crippen molar-refractivity contribution in [3.05, 3.63) is 35.6 Å². The molecule has 1 aliphatic heterocycles. The highest BCUT2D eigenvalue weighted by atomic mass is 19.1. The van der Waals surface area contributed by atoms with E-state index in [1.165, 1.54) is 12.1 Å². The zero-order valence-corrected chi connectivity index (χ0v) is 13.5. The van der Waals surface area contributed by atoms with Crippen LogP contribution in [0.3, 0.4) is 0 Å². The van der Waals surface area contributed by atoms with Crippen LogP contribution in [0.1, 0.15) is 24.8 Å². The van der Waals surface area contributed by atoms with E-state index in [4.69, 9.17) is 10.5 Å². The molecule has 0 unspecified atom stereocenters. The molecule has 1 heterocycles. The molecule has 1 aromatic carbocycles.